The van der Waals surface area contributed by atoms with Crippen molar-refractivity contribution in [3.05, 3.63) is 71.1 Å². The minimum absolute atomic E-state index is 0.164. The number of aryl methyl sites for hydroxylation is 1. The third kappa shape index (κ3) is 4.74. The lowest BCUT2D eigenvalue weighted by Gasteiger charge is -2.31. The largest absolute Gasteiger partial charge is 0.497 e. The fraction of sp³-hybridized carbons (Fsp3) is 0.269. The number of methoxy groups -OCH3 is 1. The standard InChI is InChI=1S/C26H23ClN4O5S/c1-34-19-5-2-6-21(14-19)37(32,33)31-11-3-4-16-9-10-20(15-22(16)31)35-24-13-18(12-23(27)28-24)26-29-25(30-36-26)17-7-8-17/h2,5-6,9-10,12-15,17H,3-4,7-8,11H2,1H3. The Labute approximate surface area is 219 Å². The van der Waals surface area contributed by atoms with Gasteiger partial charge >= 0.3 is 0 Å². The predicted molar refractivity (Wildman–Crippen MR) is 137 cm³/mol. The van der Waals surface area contributed by atoms with Crippen molar-refractivity contribution in [2.45, 2.75) is 36.5 Å². The summed E-state index contributed by atoms with van der Waals surface area (Å²) >= 11 is 6.26. The Bertz CT molecular complexity index is 1590. The van der Waals surface area contributed by atoms with E-state index in [-0.39, 0.29) is 15.9 Å². The van der Waals surface area contributed by atoms with E-state index in [0.29, 0.717) is 53.3 Å². The van der Waals surface area contributed by atoms with Gasteiger partial charge in [-0.15, -0.1) is 0 Å². The average Bonchev–Trinajstić information content (AvgIpc) is 3.64. The first-order chi connectivity index (χ1) is 17.9. The Morgan fingerprint density at radius 2 is 1.92 bits per heavy atom. The summed E-state index contributed by atoms with van der Waals surface area (Å²) in [6, 6.07) is 15.1. The molecule has 1 aliphatic carbocycles. The number of ether oxygens (including phenoxy) is 2. The van der Waals surface area contributed by atoms with Crippen LogP contribution in [0.15, 0.2) is 64.0 Å². The number of hydrogen-bond acceptors (Lipinski definition) is 8. The summed E-state index contributed by atoms with van der Waals surface area (Å²) in [7, 11) is -2.31. The molecule has 4 aromatic rings. The highest BCUT2D eigenvalue weighted by molar-refractivity contribution is 7.92. The molecule has 1 saturated carbocycles. The van der Waals surface area contributed by atoms with Gasteiger partial charge in [0, 0.05) is 36.2 Å². The molecule has 2 aliphatic rings. The molecule has 1 aliphatic heterocycles. The average molecular weight is 539 g/mol. The minimum atomic E-state index is -3.81. The van der Waals surface area contributed by atoms with Gasteiger partial charge in [-0.25, -0.2) is 13.4 Å². The summed E-state index contributed by atoms with van der Waals surface area (Å²) in [5, 5.41) is 4.26. The summed E-state index contributed by atoms with van der Waals surface area (Å²) in [6.07, 6.45) is 3.60. The van der Waals surface area contributed by atoms with Crippen LogP contribution in [0.25, 0.3) is 11.5 Å². The van der Waals surface area contributed by atoms with E-state index in [1.807, 2.05) is 6.07 Å². The highest BCUT2D eigenvalue weighted by atomic mass is 35.5. The van der Waals surface area contributed by atoms with Crippen LogP contribution in [-0.4, -0.2) is 37.2 Å². The third-order valence-corrected chi connectivity index (χ3v) is 8.39. The van der Waals surface area contributed by atoms with Gasteiger partial charge in [-0.1, -0.05) is 28.9 Å². The number of pyridine rings is 1. The van der Waals surface area contributed by atoms with Gasteiger partial charge in [-0.3, -0.25) is 4.31 Å². The van der Waals surface area contributed by atoms with Crippen molar-refractivity contribution in [2.75, 3.05) is 18.0 Å². The van der Waals surface area contributed by atoms with Crippen molar-refractivity contribution in [3.8, 4) is 28.8 Å². The van der Waals surface area contributed by atoms with Gasteiger partial charge in [0.2, 0.25) is 5.88 Å². The molecule has 0 atom stereocenters. The molecule has 2 aromatic heterocycles. The molecule has 1 fully saturated rings. The molecule has 0 radical (unpaired) electrons. The van der Waals surface area contributed by atoms with E-state index in [9.17, 15) is 8.42 Å². The van der Waals surface area contributed by atoms with Gasteiger partial charge in [-0.2, -0.15) is 4.98 Å². The second-order valence-electron chi connectivity index (χ2n) is 9.00. The number of anilines is 1. The summed E-state index contributed by atoms with van der Waals surface area (Å²) in [6.45, 7) is 0.357. The van der Waals surface area contributed by atoms with Gasteiger partial charge in [0.15, 0.2) is 5.82 Å². The third-order valence-electron chi connectivity index (χ3n) is 6.39. The highest BCUT2D eigenvalue weighted by Gasteiger charge is 2.31. The Balaban J connectivity index is 1.31. The normalized spacial score (nSPS) is 15.4. The van der Waals surface area contributed by atoms with Crippen molar-refractivity contribution in [2.24, 2.45) is 0 Å². The lowest BCUT2D eigenvalue weighted by Crippen LogP contribution is -2.35. The Morgan fingerprint density at radius 3 is 2.73 bits per heavy atom. The number of aromatic nitrogens is 3. The number of hydrogen-bond donors (Lipinski definition) is 0. The van der Waals surface area contributed by atoms with E-state index in [1.54, 1.807) is 42.5 Å². The van der Waals surface area contributed by atoms with Crippen molar-refractivity contribution in [1.82, 2.24) is 15.1 Å². The fourth-order valence-electron chi connectivity index (χ4n) is 4.35. The molecule has 190 valence electrons. The van der Waals surface area contributed by atoms with Crippen molar-refractivity contribution in [1.29, 1.82) is 0 Å². The second kappa shape index (κ2) is 9.35. The number of nitrogens with zero attached hydrogens (tertiary/aromatic N) is 4. The number of halogens is 1. The zero-order chi connectivity index (χ0) is 25.6. The molecular weight excluding hydrogens is 516 g/mol. The van der Waals surface area contributed by atoms with E-state index < -0.39 is 10.0 Å². The number of sulfonamides is 1. The molecule has 9 nitrogen and oxygen atoms in total. The van der Waals surface area contributed by atoms with Gasteiger partial charge in [0.1, 0.15) is 16.7 Å². The first-order valence-corrected chi connectivity index (χ1v) is 13.7. The molecule has 0 unspecified atom stereocenters. The maximum atomic E-state index is 13.6. The summed E-state index contributed by atoms with van der Waals surface area (Å²) < 4.78 is 45.2. The van der Waals surface area contributed by atoms with Crippen LogP contribution in [0.3, 0.4) is 0 Å². The summed E-state index contributed by atoms with van der Waals surface area (Å²) in [5.41, 5.74) is 2.08. The van der Waals surface area contributed by atoms with Crippen LogP contribution in [0.1, 0.15) is 36.6 Å². The van der Waals surface area contributed by atoms with Crippen LogP contribution in [0.2, 0.25) is 5.15 Å². The van der Waals surface area contributed by atoms with Crippen LogP contribution >= 0.6 is 11.6 Å². The van der Waals surface area contributed by atoms with Crippen molar-refractivity contribution < 1.29 is 22.4 Å². The van der Waals surface area contributed by atoms with Crippen LogP contribution < -0.4 is 13.8 Å². The van der Waals surface area contributed by atoms with Crippen molar-refractivity contribution in [3.63, 3.8) is 0 Å². The Hall–Kier alpha value is -3.63. The molecule has 37 heavy (non-hydrogen) atoms. The monoisotopic (exact) mass is 538 g/mol. The van der Waals surface area contributed by atoms with E-state index in [4.69, 9.17) is 25.6 Å². The van der Waals surface area contributed by atoms with E-state index in [0.717, 1.165) is 24.8 Å². The van der Waals surface area contributed by atoms with E-state index in [2.05, 4.69) is 15.1 Å². The Kier molecular flexibility index (Phi) is 6.00. The quantitative estimate of drug-likeness (QED) is 0.280. The van der Waals surface area contributed by atoms with Gasteiger partial charge in [0.05, 0.1) is 17.7 Å². The maximum absolute atomic E-state index is 13.6. The van der Waals surface area contributed by atoms with Crippen LogP contribution in [0, 0.1) is 0 Å². The zero-order valence-electron chi connectivity index (χ0n) is 19.9. The van der Waals surface area contributed by atoms with Crippen LogP contribution in [0.4, 0.5) is 5.69 Å². The first kappa shape index (κ1) is 23.7. The SMILES string of the molecule is COc1cccc(S(=O)(=O)N2CCCc3ccc(Oc4cc(-c5nc(C6CC6)no5)cc(Cl)n4)cc32)c1. The first-order valence-electron chi connectivity index (χ1n) is 11.9. The maximum Gasteiger partial charge on any atom is 0.264 e. The van der Waals surface area contributed by atoms with E-state index >= 15 is 0 Å². The van der Waals surface area contributed by atoms with Crippen LogP contribution in [0.5, 0.6) is 17.4 Å². The minimum Gasteiger partial charge on any atom is -0.497 e. The lowest BCUT2D eigenvalue weighted by molar-refractivity contribution is 0.413. The molecule has 2 aromatic carbocycles. The number of benzene rings is 2. The Morgan fingerprint density at radius 1 is 1.05 bits per heavy atom. The lowest BCUT2D eigenvalue weighted by atomic mass is 10.0. The van der Waals surface area contributed by atoms with Crippen molar-refractivity contribution >= 4 is 27.3 Å². The molecular formula is C26H23ClN4O5S. The van der Waals surface area contributed by atoms with Crippen LogP contribution in [-0.2, 0) is 16.4 Å². The molecule has 3 heterocycles. The molecule has 0 amide bonds. The predicted octanol–water partition coefficient (Wildman–Crippen LogP) is 5.60. The molecule has 0 bridgehead atoms. The molecule has 6 rings (SSSR count). The summed E-state index contributed by atoms with van der Waals surface area (Å²) in [4.78, 5) is 8.89. The zero-order valence-corrected chi connectivity index (χ0v) is 21.5. The molecule has 0 spiro atoms. The smallest absolute Gasteiger partial charge is 0.264 e. The van der Waals surface area contributed by atoms with Gasteiger partial charge < -0.3 is 14.0 Å². The number of rotatable bonds is 7. The molecule has 11 heteroatoms. The summed E-state index contributed by atoms with van der Waals surface area (Å²) in [5.74, 6) is 2.53. The molecule has 0 saturated heterocycles. The van der Waals surface area contributed by atoms with Gasteiger partial charge in [-0.05, 0) is 55.5 Å². The van der Waals surface area contributed by atoms with E-state index in [1.165, 1.54) is 17.5 Å². The number of fused-ring (bicyclic) bond motifs is 1. The topological polar surface area (TPSA) is 108 Å². The molecule has 0 N–H and O–H groups in total. The second-order valence-corrected chi connectivity index (χ2v) is 11.3. The van der Waals surface area contributed by atoms with Gasteiger partial charge in [0.25, 0.3) is 15.9 Å². The fourth-order valence-corrected chi connectivity index (χ4v) is 6.12. The highest BCUT2D eigenvalue weighted by Crippen LogP contribution is 2.40.